The third-order valence-electron chi connectivity index (χ3n) is 6.75. The van der Waals surface area contributed by atoms with Gasteiger partial charge in [-0.05, 0) is 80.5 Å². The molecule has 0 bridgehead atoms. The van der Waals surface area contributed by atoms with Crippen molar-refractivity contribution >= 4 is 16.7 Å². The van der Waals surface area contributed by atoms with Gasteiger partial charge in [0.15, 0.2) is 5.78 Å². The van der Waals surface area contributed by atoms with Crippen LogP contribution in [0.2, 0.25) is 0 Å². The van der Waals surface area contributed by atoms with Crippen LogP contribution in [0.3, 0.4) is 0 Å². The first kappa shape index (κ1) is 24.5. The van der Waals surface area contributed by atoms with E-state index in [1.54, 1.807) is 6.20 Å². The molecule has 0 fully saturated rings. The Hall–Kier alpha value is -4.22. The number of Topliss-reactive ketones (excluding diaryl/α,β-unsaturated/α-hetero) is 1. The lowest BCUT2D eigenvalue weighted by molar-refractivity contribution is 0.0978. The number of rotatable bonds is 9. The Morgan fingerprint density at radius 3 is 2.27 bits per heavy atom. The van der Waals surface area contributed by atoms with Crippen LogP contribution in [0.1, 0.15) is 29.6 Å². The minimum Gasteiger partial charge on any atom is -0.354 e. The number of nitrogens with one attached hydrogen (secondary N) is 2. The van der Waals surface area contributed by atoms with Crippen molar-refractivity contribution in [1.29, 1.82) is 0 Å². The highest BCUT2D eigenvalue weighted by molar-refractivity contribution is 6.07. The fraction of sp³-hybridized carbons (Fsp3) is 0.188. The summed E-state index contributed by atoms with van der Waals surface area (Å²) in [5.74, 6) is 0.145. The Morgan fingerprint density at radius 1 is 0.811 bits per heavy atom. The first-order chi connectivity index (χ1) is 18.0. The molecular formula is C32H31N3O2. The topological polar surface area (TPSA) is 69.0 Å². The Bertz CT molecular complexity index is 1580. The van der Waals surface area contributed by atoms with Crippen molar-refractivity contribution in [3.05, 3.63) is 107 Å². The highest BCUT2D eigenvalue weighted by atomic mass is 16.1. The van der Waals surface area contributed by atoms with Crippen LogP contribution in [-0.4, -0.2) is 41.3 Å². The van der Waals surface area contributed by atoms with E-state index in [9.17, 15) is 9.59 Å². The van der Waals surface area contributed by atoms with E-state index in [0.717, 1.165) is 58.2 Å². The molecule has 0 aliphatic heterocycles. The highest BCUT2D eigenvalue weighted by Crippen LogP contribution is 2.38. The Balaban J connectivity index is 1.58. The molecule has 0 saturated carbocycles. The summed E-state index contributed by atoms with van der Waals surface area (Å²) in [5, 5.41) is 0.935. The fourth-order valence-electron chi connectivity index (χ4n) is 4.80. The molecular weight excluding hydrogens is 458 g/mol. The van der Waals surface area contributed by atoms with Gasteiger partial charge in [-0.3, -0.25) is 9.59 Å². The number of aromatic nitrogens is 2. The molecule has 5 heteroatoms. The molecule has 5 aromatic rings. The van der Waals surface area contributed by atoms with Gasteiger partial charge in [-0.1, -0.05) is 54.6 Å². The molecule has 0 aliphatic carbocycles. The number of hydrogen-bond donors (Lipinski definition) is 2. The smallest absolute Gasteiger partial charge is 0.257 e. The molecule has 37 heavy (non-hydrogen) atoms. The SMILES string of the molecule is CN(C)CCCCC(=O)c1ccc2[nH]c(-c3ccc[nH]c3=O)c(-c3ccc(-c4ccccc4)cc3)c2c1. The quantitative estimate of drug-likeness (QED) is 0.177. The van der Waals surface area contributed by atoms with Crippen molar-refractivity contribution < 1.29 is 4.79 Å². The van der Waals surface area contributed by atoms with Gasteiger partial charge in [-0.2, -0.15) is 0 Å². The minimum absolute atomic E-state index is 0.145. The van der Waals surface area contributed by atoms with Crippen molar-refractivity contribution in [2.24, 2.45) is 0 Å². The predicted molar refractivity (Wildman–Crippen MR) is 152 cm³/mol. The van der Waals surface area contributed by atoms with E-state index in [4.69, 9.17) is 0 Å². The van der Waals surface area contributed by atoms with E-state index in [1.165, 1.54) is 0 Å². The zero-order chi connectivity index (χ0) is 25.8. The Kier molecular flexibility index (Phi) is 7.15. The number of benzene rings is 3. The molecule has 2 heterocycles. The maximum Gasteiger partial charge on any atom is 0.257 e. The van der Waals surface area contributed by atoms with Crippen LogP contribution < -0.4 is 5.56 Å². The van der Waals surface area contributed by atoms with Crippen LogP contribution >= 0.6 is 0 Å². The first-order valence-electron chi connectivity index (χ1n) is 12.7. The van der Waals surface area contributed by atoms with Crippen molar-refractivity contribution in [1.82, 2.24) is 14.9 Å². The molecule has 3 aromatic carbocycles. The van der Waals surface area contributed by atoms with Gasteiger partial charge in [0.2, 0.25) is 0 Å². The lowest BCUT2D eigenvalue weighted by atomic mass is 9.95. The van der Waals surface area contributed by atoms with Crippen LogP contribution in [0.15, 0.2) is 95.9 Å². The van der Waals surface area contributed by atoms with Gasteiger partial charge in [0.25, 0.3) is 5.56 Å². The molecule has 0 spiro atoms. The lowest BCUT2D eigenvalue weighted by Gasteiger charge is -2.09. The number of unbranched alkanes of at least 4 members (excludes halogenated alkanes) is 1. The van der Waals surface area contributed by atoms with E-state index < -0.39 is 0 Å². The maximum absolute atomic E-state index is 13.0. The number of carbonyl (C=O) groups excluding carboxylic acids is 1. The second kappa shape index (κ2) is 10.8. The maximum atomic E-state index is 13.0. The van der Waals surface area contributed by atoms with E-state index in [-0.39, 0.29) is 11.3 Å². The van der Waals surface area contributed by atoms with Crippen molar-refractivity contribution in [2.45, 2.75) is 19.3 Å². The number of fused-ring (bicyclic) bond motifs is 1. The molecule has 2 aromatic heterocycles. The number of nitrogens with zero attached hydrogens (tertiary/aromatic N) is 1. The fourth-order valence-corrected chi connectivity index (χ4v) is 4.80. The molecule has 0 atom stereocenters. The number of carbonyl (C=O) groups is 1. The van der Waals surface area contributed by atoms with Crippen LogP contribution in [0.25, 0.3) is 44.4 Å². The van der Waals surface area contributed by atoms with Crippen molar-refractivity contribution in [2.75, 3.05) is 20.6 Å². The van der Waals surface area contributed by atoms with E-state index in [2.05, 4.69) is 51.3 Å². The highest BCUT2D eigenvalue weighted by Gasteiger charge is 2.19. The number of ketones is 1. The summed E-state index contributed by atoms with van der Waals surface area (Å²) in [6.45, 7) is 0.974. The second-order valence-corrected chi connectivity index (χ2v) is 9.68. The first-order valence-corrected chi connectivity index (χ1v) is 12.7. The third-order valence-corrected chi connectivity index (χ3v) is 6.75. The average Bonchev–Trinajstić information content (AvgIpc) is 3.30. The van der Waals surface area contributed by atoms with E-state index >= 15 is 0 Å². The summed E-state index contributed by atoms with van der Waals surface area (Å²) in [4.78, 5) is 34.2. The number of pyridine rings is 1. The summed E-state index contributed by atoms with van der Waals surface area (Å²) >= 11 is 0. The van der Waals surface area contributed by atoms with Crippen molar-refractivity contribution in [3.8, 4) is 33.5 Å². The lowest BCUT2D eigenvalue weighted by Crippen LogP contribution is -2.13. The predicted octanol–water partition coefficient (Wildman–Crippen LogP) is 6.77. The third kappa shape index (κ3) is 5.32. The van der Waals surface area contributed by atoms with Gasteiger partial charge in [0, 0.05) is 34.6 Å². The van der Waals surface area contributed by atoms with E-state index in [1.807, 2.05) is 62.6 Å². The molecule has 2 N–H and O–H groups in total. The number of aromatic amines is 2. The molecule has 0 saturated heterocycles. The molecule has 5 rings (SSSR count). The second-order valence-electron chi connectivity index (χ2n) is 9.68. The minimum atomic E-state index is -0.159. The van der Waals surface area contributed by atoms with Crippen LogP contribution in [0, 0.1) is 0 Å². The van der Waals surface area contributed by atoms with Gasteiger partial charge in [-0.25, -0.2) is 0 Å². The largest absolute Gasteiger partial charge is 0.354 e. The van der Waals surface area contributed by atoms with Crippen LogP contribution in [0.5, 0.6) is 0 Å². The average molecular weight is 490 g/mol. The molecule has 0 radical (unpaired) electrons. The Labute approximate surface area is 216 Å². The van der Waals surface area contributed by atoms with Gasteiger partial charge in [0.05, 0.1) is 11.3 Å². The molecule has 186 valence electrons. The monoisotopic (exact) mass is 489 g/mol. The summed E-state index contributed by atoms with van der Waals surface area (Å²) in [6, 6.07) is 28.1. The summed E-state index contributed by atoms with van der Waals surface area (Å²) in [7, 11) is 4.09. The van der Waals surface area contributed by atoms with Gasteiger partial charge >= 0.3 is 0 Å². The standard InChI is InChI=1S/C32H31N3O2/c1-35(2)20-7-6-12-29(36)25-17-18-28-27(21-25)30(31(34-28)26-11-8-19-33-32(26)37)24-15-13-23(14-16-24)22-9-4-3-5-10-22/h3-5,8-11,13-19,21,34H,6-7,12,20H2,1-2H3,(H,33,37). The number of H-pyrrole nitrogens is 2. The number of hydrogen-bond acceptors (Lipinski definition) is 3. The molecule has 5 nitrogen and oxygen atoms in total. The van der Waals surface area contributed by atoms with E-state index in [0.29, 0.717) is 17.5 Å². The zero-order valence-corrected chi connectivity index (χ0v) is 21.3. The van der Waals surface area contributed by atoms with Crippen LogP contribution in [0.4, 0.5) is 0 Å². The van der Waals surface area contributed by atoms with Crippen LogP contribution in [-0.2, 0) is 0 Å². The van der Waals surface area contributed by atoms with Gasteiger partial charge in [-0.15, -0.1) is 0 Å². The zero-order valence-electron chi connectivity index (χ0n) is 21.3. The summed E-state index contributed by atoms with van der Waals surface area (Å²) in [5.41, 5.74) is 6.93. The normalized spacial score (nSPS) is 11.3. The molecule has 0 unspecified atom stereocenters. The Morgan fingerprint density at radius 2 is 1.54 bits per heavy atom. The summed E-state index contributed by atoms with van der Waals surface area (Å²) < 4.78 is 0. The van der Waals surface area contributed by atoms with Crippen molar-refractivity contribution in [3.63, 3.8) is 0 Å². The molecule has 0 aliphatic rings. The summed E-state index contributed by atoms with van der Waals surface area (Å²) in [6.07, 6.45) is 4.01. The van der Waals surface area contributed by atoms with Gasteiger partial charge in [0.1, 0.15) is 0 Å². The van der Waals surface area contributed by atoms with Gasteiger partial charge < -0.3 is 14.9 Å². The molecule has 0 amide bonds.